The highest BCUT2D eigenvalue weighted by molar-refractivity contribution is 7.99. The van der Waals surface area contributed by atoms with Crippen LogP contribution in [0.5, 0.6) is 0 Å². The molecule has 3 aromatic heterocycles. The molecule has 30 heavy (non-hydrogen) atoms. The van der Waals surface area contributed by atoms with Gasteiger partial charge < -0.3 is 5.32 Å². The number of nitrogens with zero attached hydrogens (tertiary/aromatic N) is 4. The zero-order valence-electron chi connectivity index (χ0n) is 17.1. The van der Waals surface area contributed by atoms with E-state index in [0.29, 0.717) is 5.13 Å². The Hall–Kier alpha value is -2.23. The summed E-state index contributed by atoms with van der Waals surface area (Å²) in [6.07, 6.45) is 2.20. The largest absolute Gasteiger partial charge is 0.301 e. The molecule has 0 atom stereocenters. The van der Waals surface area contributed by atoms with E-state index >= 15 is 0 Å². The molecule has 0 bridgehead atoms. The molecule has 0 unspecified atom stereocenters. The third kappa shape index (κ3) is 4.58. The highest BCUT2D eigenvalue weighted by atomic mass is 32.2. The first-order valence-electron chi connectivity index (χ1n) is 9.86. The number of nitrogens with one attached hydrogen (secondary N) is 1. The number of aryl methyl sites for hydroxylation is 1. The molecule has 1 amide bonds. The van der Waals surface area contributed by atoms with Gasteiger partial charge in [-0.1, -0.05) is 48.6 Å². The van der Waals surface area contributed by atoms with E-state index in [-0.39, 0.29) is 17.7 Å². The summed E-state index contributed by atoms with van der Waals surface area (Å²) in [4.78, 5) is 18.3. The van der Waals surface area contributed by atoms with Crippen LogP contribution in [0.15, 0.2) is 40.9 Å². The van der Waals surface area contributed by atoms with Crippen LogP contribution in [0.1, 0.15) is 38.1 Å². The van der Waals surface area contributed by atoms with Crippen LogP contribution in [0.25, 0.3) is 21.6 Å². The van der Waals surface area contributed by atoms with Gasteiger partial charge in [0, 0.05) is 21.9 Å². The van der Waals surface area contributed by atoms with Crippen LogP contribution >= 0.6 is 34.4 Å². The predicted octanol–water partition coefficient (Wildman–Crippen LogP) is 5.88. The van der Waals surface area contributed by atoms with Crippen molar-refractivity contribution in [3.8, 4) is 11.4 Å². The second-order valence-corrected chi connectivity index (χ2v) is 10.1. The quantitative estimate of drug-likeness (QED) is 0.335. The van der Waals surface area contributed by atoms with Crippen LogP contribution in [-0.2, 0) is 11.2 Å². The molecular formula is C21H23N5OS3. The first kappa shape index (κ1) is 21.0. The predicted molar refractivity (Wildman–Crippen MR) is 127 cm³/mol. The Morgan fingerprint density at radius 2 is 2.10 bits per heavy atom. The minimum Gasteiger partial charge on any atom is -0.301 e. The lowest BCUT2D eigenvalue weighted by molar-refractivity contribution is -0.113. The van der Waals surface area contributed by atoms with Crippen LogP contribution in [0.3, 0.4) is 0 Å². The standard InChI is InChI=1S/C21H23N5OS3/c1-4-7-15-10-14(11-28-15)19-24-25-21(26(19)13(2)3)29-12-18(27)23-20-22-16-8-5-6-9-17(16)30-20/h5-6,8-11,13H,4,7,12H2,1-3H3,(H,22,23,27). The molecule has 0 aliphatic carbocycles. The third-order valence-corrected chi connectivity index (χ3v) is 7.35. The second-order valence-electron chi connectivity index (χ2n) is 7.15. The molecule has 1 aromatic carbocycles. The van der Waals surface area contributed by atoms with Crippen molar-refractivity contribution >= 4 is 55.7 Å². The number of anilines is 1. The fraction of sp³-hybridized carbons (Fsp3) is 0.333. The number of benzene rings is 1. The van der Waals surface area contributed by atoms with Gasteiger partial charge in [-0.3, -0.25) is 9.36 Å². The van der Waals surface area contributed by atoms with Gasteiger partial charge >= 0.3 is 0 Å². The number of thioether (sulfide) groups is 1. The average Bonchev–Trinajstić information content (AvgIpc) is 3.43. The molecule has 0 aliphatic rings. The van der Waals surface area contributed by atoms with Crippen molar-refractivity contribution in [2.75, 3.05) is 11.1 Å². The molecule has 3 heterocycles. The molecule has 1 N–H and O–H groups in total. The minimum absolute atomic E-state index is 0.0975. The van der Waals surface area contributed by atoms with Gasteiger partial charge in [0.1, 0.15) is 0 Å². The smallest absolute Gasteiger partial charge is 0.236 e. The molecule has 0 radical (unpaired) electrons. The van der Waals surface area contributed by atoms with Crippen LogP contribution in [0, 0.1) is 0 Å². The lowest BCUT2D eigenvalue weighted by Crippen LogP contribution is -2.14. The van der Waals surface area contributed by atoms with Crippen molar-refractivity contribution in [1.82, 2.24) is 19.7 Å². The molecule has 156 valence electrons. The summed E-state index contributed by atoms with van der Waals surface area (Å²) in [5.74, 6) is 1.02. The van der Waals surface area contributed by atoms with Crippen LogP contribution in [0.2, 0.25) is 0 Å². The van der Waals surface area contributed by atoms with Gasteiger partial charge in [0.05, 0.1) is 16.0 Å². The first-order valence-corrected chi connectivity index (χ1v) is 12.5. The summed E-state index contributed by atoms with van der Waals surface area (Å²) in [6, 6.07) is 10.2. The van der Waals surface area contributed by atoms with Crippen molar-refractivity contribution in [2.45, 2.75) is 44.8 Å². The summed E-state index contributed by atoms with van der Waals surface area (Å²) < 4.78 is 3.16. The fourth-order valence-electron chi connectivity index (χ4n) is 3.12. The maximum Gasteiger partial charge on any atom is 0.236 e. The molecule has 0 spiro atoms. The van der Waals surface area contributed by atoms with Gasteiger partial charge in [-0.2, -0.15) is 0 Å². The number of carbonyl (C=O) groups excluding carboxylic acids is 1. The highest BCUT2D eigenvalue weighted by Gasteiger charge is 2.19. The Morgan fingerprint density at radius 3 is 2.87 bits per heavy atom. The molecule has 6 nitrogen and oxygen atoms in total. The van der Waals surface area contributed by atoms with Crippen LogP contribution in [0.4, 0.5) is 5.13 Å². The fourth-order valence-corrected chi connectivity index (χ4v) is 5.84. The van der Waals surface area contributed by atoms with E-state index in [4.69, 9.17) is 0 Å². The van der Waals surface area contributed by atoms with Crippen molar-refractivity contribution in [2.24, 2.45) is 0 Å². The van der Waals surface area contributed by atoms with Gasteiger partial charge in [0.2, 0.25) is 5.91 Å². The molecular weight excluding hydrogens is 434 g/mol. The molecule has 0 fully saturated rings. The maximum absolute atomic E-state index is 12.5. The van der Waals surface area contributed by atoms with Crippen LogP contribution in [-0.4, -0.2) is 31.4 Å². The van der Waals surface area contributed by atoms with Gasteiger partial charge in [-0.05, 0) is 38.5 Å². The van der Waals surface area contributed by atoms with E-state index in [1.54, 1.807) is 11.3 Å². The summed E-state index contributed by atoms with van der Waals surface area (Å²) >= 11 is 4.64. The number of thiophene rings is 1. The Labute approximate surface area is 187 Å². The third-order valence-electron chi connectivity index (χ3n) is 4.46. The van der Waals surface area contributed by atoms with E-state index < -0.39 is 0 Å². The summed E-state index contributed by atoms with van der Waals surface area (Å²) in [5, 5.41) is 15.2. The van der Waals surface area contributed by atoms with E-state index in [1.807, 2.05) is 24.3 Å². The second kappa shape index (κ2) is 9.28. The zero-order chi connectivity index (χ0) is 21.1. The number of para-hydroxylation sites is 1. The van der Waals surface area contributed by atoms with Gasteiger partial charge in [0.25, 0.3) is 0 Å². The Kier molecular flexibility index (Phi) is 6.50. The SMILES string of the molecule is CCCc1cc(-c2nnc(SCC(=O)Nc3nc4ccccc4s3)n2C(C)C)cs1. The monoisotopic (exact) mass is 457 g/mol. The Bertz CT molecular complexity index is 1130. The molecule has 4 rings (SSSR count). The number of hydrogen-bond acceptors (Lipinski definition) is 7. The van der Waals surface area contributed by atoms with Gasteiger partial charge in [0.15, 0.2) is 16.1 Å². The lowest BCUT2D eigenvalue weighted by atomic mass is 10.2. The molecule has 9 heteroatoms. The molecule has 0 saturated carbocycles. The summed E-state index contributed by atoms with van der Waals surface area (Å²) in [7, 11) is 0. The Balaban J connectivity index is 1.46. The number of amides is 1. The van der Waals surface area contributed by atoms with Crippen molar-refractivity contribution in [3.05, 3.63) is 40.6 Å². The topological polar surface area (TPSA) is 72.7 Å². The molecule has 0 aliphatic heterocycles. The number of aromatic nitrogens is 4. The van der Waals surface area contributed by atoms with E-state index in [2.05, 4.69) is 57.3 Å². The van der Waals surface area contributed by atoms with Crippen molar-refractivity contribution in [3.63, 3.8) is 0 Å². The summed E-state index contributed by atoms with van der Waals surface area (Å²) in [6.45, 7) is 6.40. The van der Waals surface area contributed by atoms with Gasteiger partial charge in [-0.25, -0.2) is 4.98 Å². The zero-order valence-corrected chi connectivity index (χ0v) is 19.5. The summed E-state index contributed by atoms with van der Waals surface area (Å²) in [5.41, 5.74) is 1.99. The highest BCUT2D eigenvalue weighted by Crippen LogP contribution is 2.31. The minimum atomic E-state index is -0.0975. The number of hydrogen-bond donors (Lipinski definition) is 1. The van der Waals surface area contributed by atoms with E-state index in [0.717, 1.165) is 39.6 Å². The molecule has 0 saturated heterocycles. The normalized spacial score (nSPS) is 11.5. The molecule has 4 aromatic rings. The van der Waals surface area contributed by atoms with Crippen LogP contribution < -0.4 is 5.32 Å². The first-order chi connectivity index (χ1) is 14.5. The lowest BCUT2D eigenvalue weighted by Gasteiger charge is -2.13. The number of thiazole rings is 1. The van der Waals surface area contributed by atoms with E-state index in [1.165, 1.54) is 28.0 Å². The Morgan fingerprint density at radius 1 is 1.27 bits per heavy atom. The number of rotatable bonds is 8. The van der Waals surface area contributed by atoms with Crippen molar-refractivity contribution < 1.29 is 4.79 Å². The van der Waals surface area contributed by atoms with Crippen molar-refractivity contribution in [1.29, 1.82) is 0 Å². The van der Waals surface area contributed by atoms with E-state index in [9.17, 15) is 4.79 Å². The maximum atomic E-state index is 12.5. The average molecular weight is 458 g/mol. The van der Waals surface area contributed by atoms with Gasteiger partial charge in [-0.15, -0.1) is 21.5 Å². The number of carbonyl (C=O) groups is 1. The number of fused-ring (bicyclic) bond motifs is 1.